The van der Waals surface area contributed by atoms with Crippen molar-refractivity contribution in [3.8, 4) is 0 Å². The third-order valence-corrected chi connectivity index (χ3v) is 4.34. The third kappa shape index (κ3) is 3.38. The van der Waals surface area contributed by atoms with Crippen molar-refractivity contribution in [3.63, 3.8) is 0 Å². The summed E-state index contributed by atoms with van der Waals surface area (Å²) in [5, 5.41) is 9.82. The number of nitrogens with one attached hydrogen (secondary N) is 2. The maximum absolute atomic E-state index is 3.64. The molecule has 2 aromatic rings. The van der Waals surface area contributed by atoms with E-state index in [4.69, 9.17) is 0 Å². The Morgan fingerprint density at radius 3 is 2.70 bits per heavy atom. The first kappa shape index (κ1) is 13.6. The van der Waals surface area contributed by atoms with Crippen molar-refractivity contribution in [3.05, 3.63) is 48.0 Å². The van der Waals surface area contributed by atoms with Crippen LogP contribution < -0.4 is 10.6 Å². The maximum Gasteiger partial charge on any atom is -0.000801 e. The molecule has 0 bridgehead atoms. The second-order valence-corrected chi connectivity index (χ2v) is 5.79. The summed E-state index contributed by atoms with van der Waals surface area (Å²) in [5.41, 5.74) is 1.46. The van der Waals surface area contributed by atoms with E-state index in [0.717, 1.165) is 18.9 Å². The summed E-state index contributed by atoms with van der Waals surface area (Å²) in [6, 6.07) is 15.3. The largest absolute Gasteiger partial charge is 0.317 e. The predicted octanol–water partition coefficient (Wildman–Crippen LogP) is 2.97. The highest BCUT2D eigenvalue weighted by Gasteiger charge is 2.11. The molecule has 0 atom stereocenters. The zero-order valence-electron chi connectivity index (χ0n) is 12.1. The van der Waals surface area contributed by atoms with Gasteiger partial charge in [-0.05, 0) is 67.7 Å². The lowest BCUT2D eigenvalue weighted by molar-refractivity contribution is 0.358. The van der Waals surface area contributed by atoms with Crippen LogP contribution in [0.1, 0.15) is 18.4 Å². The van der Waals surface area contributed by atoms with Gasteiger partial charge in [0.1, 0.15) is 0 Å². The van der Waals surface area contributed by atoms with E-state index in [2.05, 4.69) is 53.1 Å². The van der Waals surface area contributed by atoms with Crippen LogP contribution in [0.5, 0.6) is 0 Å². The molecular weight excluding hydrogens is 244 g/mol. The van der Waals surface area contributed by atoms with Gasteiger partial charge in [-0.15, -0.1) is 0 Å². The fourth-order valence-electron chi connectivity index (χ4n) is 3.13. The van der Waals surface area contributed by atoms with E-state index in [-0.39, 0.29) is 0 Å². The lowest BCUT2D eigenvalue weighted by atomic mass is 9.98. The molecule has 3 rings (SSSR count). The van der Waals surface area contributed by atoms with Crippen LogP contribution >= 0.6 is 0 Å². The molecule has 1 aliphatic rings. The van der Waals surface area contributed by atoms with Gasteiger partial charge in [0.05, 0.1) is 0 Å². The minimum absolute atomic E-state index is 0.865. The van der Waals surface area contributed by atoms with Crippen molar-refractivity contribution in [1.82, 2.24) is 10.6 Å². The second-order valence-electron chi connectivity index (χ2n) is 5.79. The van der Waals surface area contributed by atoms with Gasteiger partial charge in [-0.3, -0.25) is 0 Å². The highest BCUT2D eigenvalue weighted by Crippen LogP contribution is 2.18. The van der Waals surface area contributed by atoms with Crippen molar-refractivity contribution < 1.29 is 0 Å². The highest BCUT2D eigenvalue weighted by atomic mass is 14.9. The number of fused-ring (bicyclic) bond motifs is 1. The molecule has 0 saturated carbocycles. The van der Waals surface area contributed by atoms with Crippen molar-refractivity contribution in [2.45, 2.75) is 19.3 Å². The highest BCUT2D eigenvalue weighted by molar-refractivity contribution is 5.85. The van der Waals surface area contributed by atoms with Crippen LogP contribution in [0.2, 0.25) is 0 Å². The minimum Gasteiger partial charge on any atom is -0.317 e. The van der Waals surface area contributed by atoms with Gasteiger partial charge in [0, 0.05) is 0 Å². The van der Waals surface area contributed by atoms with Gasteiger partial charge in [0.25, 0.3) is 0 Å². The molecule has 2 heteroatoms. The SMILES string of the molecule is c1ccc2c(CCNCC3CCNCC3)cccc2c1. The topological polar surface area (TPSA) is 24.1 Å². The summed E-state index contributed by atoms with van der Waals surface area (Å²) in [4.78, 5) is 0. The van der Waals surface area contributed by atoms with Crippen LogP contribution in [0.3, 0.4) is 0 Å². The van der Waals surface area contributed by atoms with E-state index in [9.17, 15) is 0 Å². The number of piperidine rings is 1. The van der Waals surface area contributed by atoms with Gasteiger partial charge in [-0.2, -0.15) is 0 Å². The molecule has 20 heavy (non-hydrogen) atoms. The first-order valence-corrected chi connectivity index (χ1v) is 7.81. The molecule has 2 N–H and O–H groups in total. The fourth-order valence-corrected chi connectivity index (χ4v) is 3.13. The van der Waals surface area contributed by atoms with Gasteiger partial charge in [0.15, 0.2) is 0 Å². The molecule has 1 saturated heterocycles. The molecular formula is C18H24N2. The van der Waals surface area contributed by atoms with Crippen LogP contribution in [0.15, 0.2) is 42.5 Å². The van der Waals surface area contributed by atoms with Crippen LogP contribution in [-0.2, 0) is 6.42 Å². The van der Waals surface area contributed by atoms with Crippen LogP contribution in [0.25, 0.3) is 10.8 Å². The molecule has 0 amide bonds. The standard InChI is InChI=1S/C18H24N2/c1-2-7-18-16(4-1)5-3-6-17(18)10-13-20-14-15-8-11-19-12-9-15/h1-7,15,19-20H,8-14H2. The normalized spacial score (nSPS) is 16.6. The molecule has 2 aromatic carbocycles. The van der Waals surface area contributed by atoms with Gasteiger partial charge in [0.2, 0.25) is 0 Å². The summed E-state index contributed by atoms with van der Waals surface area (Å²) >= 11 is 0. The van der Waals surface area contributed by atoms with E-state index in [0.29, 0.717) is 0 Å². The molecule has 0 spiro atoms. The molecule has 2 nitrogen and oxygen atoms in total. The Labute approximate surface area is 121 Å². The van der Waals surface area contributed by atoms with E-state index < -0.39 is 0 Å². The molecule has 0 aromatic heterocycles. The molecule has 1 fully saturated rings. The predicted molar refractivity (Wildman–Crippen MR) is 86.1 cm³/mol. The number of benzene rings is 2. The minimum atomic E-state index is 0.865. The van der Waals surface area contributed by atoms with Crippen molar-refractivity contribution in [2.75, 3.05) is 26.2 Å². The lowest BCUT2D eigenvalue weighted by Crippen LogP contribution is -2.34. The Hall–Kier alpha value is -1.38. The summed E-state index contributed by atoms with van der Waals surface area (Å²) in [6.07, 6.45) is 3.76. The second kappa shape index (κ2) is 6.87. The summed E-state index contributed by atoms with van der Waals surface area (Å²) in [5.74, 6) is 0.865. The fraction of sp³-hybridized carbons (Fsp3) is 0.444. The Kier molecular flexibility index (Phi) is 4.67. The number of hydrogen-bond donors (Lipinski definition) is 2. The molecule has 1 heterocycles. The summed E-state index contributed by atoms with van der Waals surface area (Å²) in [6.45, 7) is 4.63. The summed E-state index contributed by atoms with van der Waals surface area (Å²) < 4.78 is 0. The Bertz CT molecular complexity index is 539. The van der Waals surface area contributed by atoms with E-state index in [1.807, 2.05) is 0 Å². The average Bonchev–Trinajstić information content (AvgIpc) is 2.53. The Balaban J connectivity index is 1.52. The molecule has 106 valence electrons. The Morgan fingerprint density at radius 1 is 1.00 bits per heavy atom. The molecule has 0 radical (unpaired) electrons. The quantitative estimate of drug-likeness (QED) is 0.815. The maximum atomic E-state index is 3.64. The monoisotopic (exact) mass is 268 g/mol. The first-order chi connectivity index (χ1) is 9.93. The molecule has 0 unspecified atom stereocenters. The van der Waals surface area contributed by atoms with Crippen LogP contribution in [0.4, 0.5) is 0 Å². The van der Waals surface area contributed by atoms with Crippen molar-refractivity contribution in [2.24, 2.45) is 5.92 Å². The lowest BCUT2D eigenvalue weighted by Gasteiger charge is -2.22. The molecule has 0 aliphatic carbocycles. The molecule has 1 aliphatic heterocycles. The van der Waals surface area contributed by atoms with E-state index in [1.54, 1.807) is 0 Å². The van der Waals surface area contributed by atoms with E-state index >= 15 is 0 Å². The van der Waals surface area contributed by atoms with E-state index in [1.165, 1.54) is 48.8 Å². The average molecular weight is 268 g/mol. The zero-order valence-corrected chi connectivity index (χ0v) is 12.1. The number of rotatable bonds is 5. The first-order valence-electron chi connectivity index (χ1n) is 7.81. The van der Waals surface area contributed by atoms with Crippen molar-refractivity contribution in [1.29, 1.82) is 0 Å². The van der Waals surface area contributed by atoms with Gasteiger partial charge in [-0.1, -0.05) is 42.5 Å². The van der Waals surface area contributed by atoms with Gasteiger partial charge < -0.3 is 10.6 Å². The Morgan fingerprint density at radius 2 is 1.80 bits per heavy atom. The van der Waals surface area contributed by atoms with Gasteiger partial charge >= 0.3 is 0 Å². The van der Waals surface area contributed by atoms with Crippen LogP contribution in [0, 0.1) is 5.92 Å². The van der Waals surface area contributed by atoms with Crippen molar-refractivity contribution >= 4 is 10.8 Å². The third-order valence-electron chi connectivity index (χ3n) is 4.34. The smallest absolute Gasteiger partial charge is 0.000801 e. The summed E-state index contributed by atoms with van der Waals surface area (Å²) in [7, 11) is 0. The zero-order chi connectivity index (χ0) is 13.6. The number of hydrogen-bond acceptors (Lipinski definition) is 2. The van der Waals surface area contributed by atoms with Gasteiger partial charge in [-0.25, -0.2) is 0 Å². The van der Waals surface area contributed by atoms with Crippen LogP contribution in [-0.4, -0.2) is 26.2 Å².